The molecule has 1 aliphatic heterocycles. The van der Waals surface area contributed by atoms with Crippen molar-refractivity contribution >= 4 is 23.1 Å². The van der Waals surface area contributed by atoms with Crippen LogP contribution >= 0.6 is 0 Å². The van der Waals surface area contributed by atoms with Gasteiger partial charge in [0.1, 0.15) is 11.6 Å². The van der Waals surface area contributed by atoms with Gasteiger partial charge in [-0.3, -0.25) is 14.5 Å². The van der Waals surface area contributed by atoms with Crippen LogP contribution in [0.1, 0.15) is 17.2 Å². The van der Waals surface area contributed by atoms with E-state index in [0.29, 0.717) is 16.8 Å². The van der Waals surface area contributed by atoms with Crippen LogP contribution in [0.25, 0.3) is 5.76 Å². The number of para-hydroxylation sites is 1. The minimum Gasteiger partial charge on any atom is -0.507 e. The van der Waals surface area contributed by atoms with Crippen molar-refractivity contribution in [1.82, 2.24) is 0 Å². The fourth-order valence-corrected chi connectivity index (χ4v) is 3.40. The Morgan fingerprint density at radius 1 is 0.821 bits per heavy atom. The maximum Gasteiger partial charge on any atom is 0.300 e. The van der Waals surface area contributed by atoms with Gasteiger partial charge in [-0.1, -0.05) is 60.7 Å². The highest BCUT2D eigenvalue weighted by Crippen LogP contribution is 2.41. The molecule has 1 saturated heterocycles. The largest absolute Gasteiger partial charge is 0.507 e. The molecule has 0 spiro atoms. The summed E-state index contributed by atoms with van der Waals surface area (Å²) in [5.41, 5.74) is 1.46. The summed E-state index contributed by atoms with van der Waals surface area (Å²) >= 11 is 0. The second kappa shape index (κ2) is 7.12. The minimum atomic E-state index is -0.858. The Hall–Kier alpha value is -3.73. The van der Waals surface area contributed by atoms with Gasteiger partial charge in [-0.15, -0.1) is 0 Å². The summed E-state index contributed by atoms with van der Waals surface area (Å²) < 4.78 is 13.5. The molecule has 0 radical (unpaired) electrons. The van der Waals surface area contributed by atoms with E-state index < -0.39 is 23.5 Å². The molecule has 1 fully saturated rings. The van der Waals surface area contributed by atoms with Crippen LogP contribution in [0.15, 0.2) is 90.5 Å². The number of aliphatic hydroxyl groups excluding tert-OH is 1. The lowest BCUT2D eigenvalue weighted by atomic mass is 9.95. The van der Waals surface area contributed by atoms with Crippen LogP contribution in [-0.4, -0.2) is 16.8 Å². The molecule has 138 valence electrons. The van der Waals surface area contributed by atoms with E-state index >= 15 is 0 Å². The van der Waals surface area contributed by atoms with Crippen molar-refractivity contribution in [2.24, 2.45) is 0 Å². The van der Waals surface area contributed by atoms with Gasteiger partial charge in [-0.25, -0.2) is 4.39 Å². The first kappa shape index (κ1) is 17.7. The predicted octanol–water partition coefficient (Wildman–Crippen LogP) is 4.45. The van der Waals surface area contributed by atoms with Crippen LogP contribution < -0.4 is 4.90 Å². The number of halogens is 1. The van der Waals surface area contributed by atoms with Crippen molar-refractivity contribution < 1.29 is 19.1 Å². The lowest BCUT2D eigenvalue weighted by Crippen LogP contribution is -2.29. The normalized spacial score (nSPS) is 18.5. The van der Waals surface area contributed by atoms with E-state index in [1.807, 2.05) is 0 Å². The van der Waals surface area contributed by atoms with Crippen molar-refractivity contribution in [2.45, 2.75) is 6.04 Å². The summed E-state index contributed by atoms with van der Waals surface area (Å²) in [5, 5.41) is 10.9. The topological polar surface area (TPSA) is 57.6 Å². The number of Topliss-reactive ketones (excluding diaryl/α,β-unsaturated/α-hetero) is 1. The van der Waals surface area contributed by atoms with E-state index in [0.717, 1.165) is 0 Å². The molecule has 0 saturated carbocycles. The SMILES string of the molecule is O=C1C(=O)N(c2ccccc2)C(c2ccc(F)cc2)/C1=C(\O)c1ccccc1. The lowest BCUT2D eigenvalue weighted by molar-refractivity contribution is -0.132. The van der Waals surface area contributed by atoms with E-state index in [1.165, 1.54) is 29.2 Å². The molecule has 0 aromatic heterocycles. The van der Waals surface area contributed by atoms with Gasteiger partial charge in [-0.2, -0.15) is 0 Å². The van der Waals surface area contributed by atoms with Gasteiger partial charge in [0.05, 0.1) is 11.6 Å². The van der Waals surface area contributed by atoms with Crippen molar-refractivity contribution in [2.75, 3.05) is 4.90 Å². The molecule has 1 atom stereocenters. The quantitative estimate of drug-likeness (QED) is 0.419. The summed E-state index contributed by atoms with van der Waals surface area (Å²) in [6.45, 7) is 0. The zero-order valence-electron chi connectivity index (χ0n) is 14.7. The molecule has 28 heavy (non-hydrogen) atoms. The van der Waals surface area contributed by atoms with Crippen molar-refractivity contribution in [3.8, 4) is 0 Å². The molecular formula is C23H16FNO3. The zero-order valence-corrected chi connectivity index (χ0v) is 14.7. The van der Waals surface area contributed by atoms with Gasteiger partial charge in [0.2, 0.25) is 0 Å². The summed E-state index contributed by atoms with van der Waals surface area (Å²) in [6.07, 6.45) is 0. The van der Waals surface area contributed by atoms with Crippen molar-refractivity contribution in [1.29, 1.82) is 0 Å². The van der Waals surface area contributed by atoms with Gasteiger partial charge in [-0.05, 0) is 29.8 Å². The maximum absolute atomic E-state index is 13.5. The third-order valence-corrected chi connectivity index (χ3v) is 4.71. The molecule has 5 heteroatoms. The van der Waals surface area contributed by atoms with Gasteiger partial charge < -0.3 is 5.11 Å². The molecule has 1 heterocycles. The Bertz CT molecular complexity index is 1060. The Morgan fingerprint density at radius 2 is 1.39 bits per heavy atom. The van der Waals surface area contributed by atoms with E-state index in [9.17, 15) is 19.1 Å². The van der Waals surface area contributed by atoms with Gasteiger partial charge >= 0.3 is 0 Å². The molecule has 4 nitrogen and oxygen atoms in total. The Morgan fingerprint density at radius 3 is 2.00 bits per heavy atom. The standard InChI is InChI=1S/C23H16FNO3/c24-17-13-11-15(12-14-17)20-19(21(26)16-7-3-1-4-8-16)22(27)23(28)25(20)18-9-5-2-6-10-18/h1-14,20,26H/b21-19+. The van der Waals surface area contributed by atoms with Crippen LogP contribution in [0.2, 0.25) is 0 Å². The number of carbonyl (C=O) groups is 2. The number of hydrogen-bond donors (Lipinski definition) is 1. The molecule has 3 aromatic carbocycles. The average Bonchev–Trinajstić information content (AvgIpc) is 3.00. The lowest BCUT2D eigenvalue weighted by Gasteiger charge is -2.25. The zero-order chi connectivity index (χ0) is 19.7. The Labute approximate surface area is 161 Å². The smallest absolute Gasteiger partial charge is 0.300 e. The van der Waals surface area contributed by atoms with Gasteiger partial charge in [0, 0.05) is 11.3 Å². The number of nitrogens with zero attached hydrogens (tertiary/aromatic N) is 1. The monoisotopic (exact) mass is 373 g/mol. The molecule has 1 amide bonds. The fraction of sp³-hybridized carbons (Fsp3) is 0.0435. The Balaban J connectivity index is 1.95. The summed E-state index contributed by atoms with van der Waals surface area (Å²) in [7, 11) is 0. The fourth-order valence-electron chi connectivity index (χ4n) is 3.40. The van der Waals surface area contributed by atoms with E-state index in [4.69, 9.17) is 0 Å². The second-order valence-electron chi connectivity index (χ2n) is 6.42. The van der Waals surface area contributed by atoms with E-state index in [-0.39, 0.29) is 11.3 Å². The van der Waals surface area contributed by atoms with E-state index in [2.05, 4.69) is 0 Å². The van der Waals surface area contributed by atoms with Crippen LogP contribution in [0.4, 0.5) is 10.1 Å². The van der Waals surface area contributed by atoms with Crippen LogP contribution in [0.3, 0.4) is 0 Å². The Kier molecular flexibility index (Phi) is 4.49. The summed E-state index contributed by atoms with van der Waals surface area (Å²) in [4.78, 5) is 27.1. The maximum atomic E-state index is 13.5. The van der Waals surface area contributed by atoms with Crippen molar-refractivity contribution in [3.05, 3.63) is 107 Å². The molecule has 0 bridgehead atoms. The number of hydrogen-bond acceptors (Lipinski definition) is 3. The first-order chi connectivity index (χ1) is 13.6. The van der Waals surface area contributed by atoms with Crippen molar-refractivity contribution in [3.63, 3.8) is 0 Å². The average molecular weight is 373 g/mol. The highest BCUT2D eigenvalue weighted by atomic mass is 19.1. The van der Waals surface area contributed by atoms with E-state index in [1.54, 1.807) is 60.7 Å². The first-order valence-electron chi connectivity index (χ1n) is 8.75. The molecule has 4 rings (SSSR count). The number of amides is 1. The van der Waals surface area contributed by atoms with Gasteiger partial charge in [0.15, 0.2) is 0 Å². The molecule has 1 unspecified atom stereocenters. The number of benzene rings is 3. The second-order valence-corrected chi connectivity index (χ2v) is 6.42. The molecular weight excluding hydrogens is 357 g/mol. The summed E-state index contributed by atoms with van der Waals surface area (Å²) in [5.74, 6) is -2.20. The van der Waals surface area contributed by atoms with Crippen LogP contribution in [0.5, 0.6) is 0 Å². The highest BCUT2D eigenvalue weighted by Gasteiger charge is 2.46. The highest BCUT2D eigenvalue weighted by molar-refractivity contribution is 6.51. The number of aliphatic hydroxyl groups is 1. The third kappa shape index (κ3) is 2.97. The first-order valence-corrected chi connectivity index (χ1v) is 8.75. The number of rotatable bonds is 3. The number of ketones is 1. The number of carbonyl (C=O) groups excluding carboxylic acids is 2. The van der Waals surface area contributed by atoms with Crippen LogP contribution in [0, 0.1) is 5.82 Å². The minimum absolute atomic E-state index is 0.0216. The predicted molar refractivity (Wildman–Crippen MR) is 104 cm³/mol. The number of anilines is 1. The molecule has 1 N–H and O–H groups in total. The summed E-state index contributed by atoms with van der Waals surface area (Å²) in [6, 6.07) is 22.0. The van der Waals surface area contributed by atoms with Gasteiger partial charge in [0.25, 0.3) is 11.7 Å². The molecule has 0 aliphatic carbocycles. The molecule has 3 aromatic rings. The third-order valence-electron chi connectivity index (χ3n) is 4.71. The van der Waals surface area contributed by atoms with Crippen LogP contribution in [-0.2, 0) is 9.59 Å². The molecule has 1 aliphatic rings.